The maximum Gasteiger partial charge on any atom is 0.495 e. The number of hydrogen-bond donors (Lipinski definition) is 2. The zero-order chi connectivity index (χ0) is 96.4. The molecule has 2 N–H and O–H groups in total. The van der Waals surface area contributed by atoms with Crippen LogP contribution in [0, 0.1) is 11.8 Å². The molecule has 7 heterocycles. The molecular weight excluding hydrogens is 1970 g/mol. The maximum absolute atomic E-state index is 11.7. The van der Waals surface area contributed by atoms with E-state index in [-0.39, 0.29) is 56.3 Å². The Bertz CT molecular complexity index is 6050. The molecule has 14 aromatic carbocycles. The molecule has 23 rings (SSSR count). The van der Waals surface area contributed by atoms with Gasteiger partial charge in [-0.15, -0.1) is 0 Å². The predicted octanol–water partition coefficient (Wildman–Crippen LogP) is 20.3. The Hall–Kier alpha value is -12.4. The van der Waals surface area contributed by atoms with Crippen LogP contribution in [0.5, 0.6) is 11.5 Å². The van der Waals surface area contributed by atoms with Crippen LogP contribution in [0.1, 0.15) is 92.2 Å². The molecule has 4 aromatic heterocycles. The Morgan fingerprint density at radius 3 is 0.865 bits per heavy atom. The van der Waals surface area contributed by atoms with Gasteiger partial charge in [-0.05, 0) is 220 Å². The third kappa shape index (κ3) is 27.1. The molecule has 0 radical (unpaired) electrons. The molecule has 141 heavy (non-hydrogen) atoms. The molecule has 0 spiro atoms. The molecule has 3 aliphatic heterocycles. The number of benzene rings is 14. The van der Waals surface area contributed by atoms with Crippen molar-refractivity contribution in [3.63, 3.8) is 0 Å². The summed E-state index contributed by atoms with van der Waals surface area (Å²) in [7, 11) is -2.26. The van der Waals surface area contributed by atoms with Crippen molar-refractivity contribution in [1.29, 1.82) is 0 Å². The SMILES string of the molecule is Brc1ccncn1.C[C@@H](Oc1cc(-c2ccncn2)cc2ncn(C3CC3)c12)[C@H]1CNC(=O)C1.C[C@@H](Oc1cc(B2OC(C)(C)C(C)(C)O2)cc2ncn(C3CC3)c12)[C@H]1CNC(=O)C1.[Pd].c1ccc(P(c2ccccc2)c2ccccc2)cc1.c1ccc(P(c2ccccc2)c2ccccc2)cc1.c1ccc(P(c2ccccc2)c2ccccc2)cc1.c1ccc(P(c2ccccc2)c2ccccc2)cc1. The predicted molar refractivity (Wildman–Crippen MR) is 585 cm³/mol. The van der Waals surface area contributed by atoms with Crippen molar-refractivity contribution in [1.82, 2.24) is 49.7 Å². The van der Waals surface area contributed by atoms with E-state index < -0.39 is 50.0 Å². The van der Waals surface area contributed by atoms with E-state index in [0.717, 1.165) is 54.9 Å². The topological polar surface area (TPSA) is 182 Å². The Morgan fingerprint density at radius 1 is 0.362 bits per heavy atom. The monoisotopic (exact) mass is 2090 g/mol. The number of imidazole rings is 2. The van der Waals surface area contributed by atoms with E-state index in [9.17, 15) is 9.59 Å². The minimum atomic E-state index is -0.474. The Morgan fingerprint density at radius 2 is 0.631 bits per heavy atom. The van der Waals surface area contributed by atoms with Gasteiger partial charge in [0.2, 0.25) is 11.8 Å². The van der Waals surface area contributed by atoms with Crippen LogP contribution in [0.3, 0.4) is 0 Å². The fraction of sp³-hybridized carbons (Fsp3) is 0.186. The van der Waals surface area contributed by atoms with Gasteiger partial charge in [-0.2, -0.15) is 0 Å². The second-order valence-electron chi connectivity index (χ2n) is 35.8. The Labute approximate surface area is 855 Å². The van der Waals surface area contributed by atoms with Gasteiger partial charge in [-0.3, -0.25) is 9.59 Å². The van der Waals surface area contributed by atoms with Gasteiger partial charge in [-0.25, -0.2) is 29.9 Å². The van der Waals surface area contributed by atoms with E-state index in [1.54, 1.807) is 24.8 Å². The minimum absolute atomic E-state index is 0. The Balaban J connectivity index is 0.000000121. The number of nitrogens with one attached hydrogen (secondary N) is 2. The van der Waals surface area contributed by atoms with Crippen molar-refractivity contribution in [2.45, 2.75) is 116 Å². The van der Waals surface area contributed by atoms with Crippen LogP contribution in [0.4, 0.5) is 0 Å². The molecular formula is C118H114BBrN10O6P4Pd. The normalized spacial score (nSPS) is 15.7. The summed E-state index contributed by atoms with van der Waals surface area (Å²) in [6, 6.07) is 142. The maximum atomic E-state index is 11.7. The fourth-order valence-electron chi connectivity index (χ4n) is 17.0. The standard InChI is InChI=1S/C22H30BN3O4.C20H21N5O2.4C18H15P.C4H3BrN2.Pd/c1-13(14-8-19(27)24-11-14)28-18-10-15(23-29-21(2,3)22(4,5)30-23)9-17-20(18)26(12-25-17)16-6-7-16;1-12(14-8-19(26)22-9-14)27-18-7-13(16-4-5-21-10-23-16)6-17-20(18)25(11-24-17)15-2-3-15;4*1-4-10-16(11-5-1)19(17-12-6-2-7-13-17)18-14-8-3-9-15-18;5-4-1-2-6-3-7-4;/h9-10,12-14,16H,6-8,11H2,1-5H3,(H,24,27);4-7,10-12,14-15H,2-3,8-9H2,1H3,(H,22,26);4*1-15H;1-3H;/t13-,14-;12-,14-;;;;;;/m11....../s1. The molecule has 16 nitrogen and oxygen atoms in total. The second kappa shape index (κ2) is 49.8. The average Bonchev–Trinajstić information content (AvgIpc) is 1.60. The molecule has 712 valence electrons. The number of aromatic nitrogens is 8. The van der Waals surface area contributed by atoms with Crippen LogP contribution in [0.15, 0.2) is 443 Å². The molecule has 0 unspecified atom stereocenters. The molecule has 5 fully saturated rings. The van der Waals surface area contributed by atoms with Gasteiger partial charge in [0.05, 0.1) is 40.6 Å². The van der Waals surface area contributed by atoms with Gasteiger partial charge in [0.25, 0.3) is 0 Å². The first kappa shape index (κ1) is 102. The van der Waals surface area contributed by atoms with Crippen LogP contribution in [-0.2, 0) is 39.3 Å². The molecule has 4 atom stereocenters. The number of ether oxygens (including phenoxy) is 2. The molecule has 18 aromatic rings. The van der Waals surface area contributed by atoms with Gasteiger partial charge >= 0.3 is 7.12 Å². The fourth-order valence-corrected chi connectivity index (χ4v) is 26.4. The number of nitrogens with zero attached hydrogens (tertiary/aromatic N) is 8. The second-order valence-corrected chi connectivity index (χ2v) is 45.5. The number of halogens is 1. The summed E-state index contributed by atoms with van der Waals surface area (Å²) in [6.45, 7) is 13.6. The zero-order valence-corrected chi connectivity index (χ0v) is 86.5. The molecule has 0 bridgehead atoms. The first-order valence-electron chi connectivity index (χ1n) is 47.8. The number of hydrogen-bond acceptors (Lipinski definition) is 12. The van der Waals surface area contributed by atoms with E-state index in [1.807, 2.05) is 44.7 Å². The van der Waals surface area contributed by atoms with Crippen LogP contribution in [-0.4, -0.2) is 94.5 Å². The van der Waals surface area contributed by atoms with Crippen molar-refractivity contribution in [2.75, 3.05) is 13.1 Å². The van der Waals surface area contributed by atoms with Crippen LogP contribution in [0.25, 0.3) is 33.3 Å². The number of carbonyl (C=O) groups is 2. The van der Waals surface area contributed by atoms with Crippen LogP contribution >= 0.6 is 47.6 Å². The average molecular weight is 2090 g/mol. The van der Waals surface area contributed by atoms with Crippen molar-refractivity contribution >= 4 is 158 Å². The van der Waals surface area contributed by atoms with Crippen molar-refractivity contribution in [3.8, 4) is 22.8 Å². The van der Waals surface area contributed by atoms with Gasteiger partial charge in [0.15, 0.2) is 0 Å². The van der Waals surface area contributed by atoms with Crippen molar-refractivity contribution < 1.29 is 48.8 Å². The summed E-state index contributed by atoms with van der Waals surface area (Å²) in [5.74, 6) is 2.11. The van der Waals surface area contributed by atoms with E-state index in [4.69, 9.17) is 18.8 Å². The first-order valence-corrected chi connectivity index (χ1v) is 53.9. The zero-order valence-electron chi connectivity index (χ0n) is 79.8. The van der Waals surface area contributed by atoms with Crippen molar-refractivity contribution in [2.24, 2.45) is 11.8 Å². The van der Waals surface area contributed by atoms with E-state index >= 15 is 0 Å². The van der Waals surface area contributed by atoms with Gasteiger partial charge in [0.1, 0.15) is 52.0 Å². The molecule has 2 amide bonds. The molecule has 2 saturated carbocycles. The third-order valence-electron chi connectivity index (χ3n) is 25.3. The van der Waals surface area contributed by atoms with Crippen LogP contribution in [0.2, 0.25) is 0 Å². The smallest absolute Gasteiger partial charge is 0.488 e. The Kier molecular flexibility index (Phi) is 35.9. The molecule has 3 saturated heterocycles. The van der Waals surface area contributed by atoms with Crippen LogP contribution < -0.4 is 89.2 Å². The van der Waals surface area contributed by atoms with Gasteiger partial charge < -0.3 is 38.6 Å². The summed E-state index contributed by atoms with van der Waals surface area (Å²) in [5, 5.41) is 22.6. The summed E-state index contributed by atoms with van der Waals surface area (Å²) in [5.41, 5.74) is 5.70. The number of fused-ring (bicyclic) bond motifs is 2. The number of amides is 2. The molecule has 2 aliphatic carbocycles. The largest absolute Gasteiger partial charge is 0.495 e. The van der Waals surface area contributed by atoms with Gasteiger partial charge in [-0.1, -0.05) is 364 Å². The number of carbonyl (C=O) groups excluding carboxylic acids is 2. The van der Waals surface area contributed by atoms with E-state index in [1.165, 1.54) is 95.7 Å². The third-order valence-corrected chi connectivity index (χ3v) is 35.5. The molecule has 5 aliphatic rings. The number of rotatable bonds is 22. The van der Waals surface area contributed by atoms with E-state index in [0.29, 0.717) is 38.0 Å². The summed E-state index contributed by atoms with van der Waals surface area (Å²) in [4.78, 5) is 48.4. The van der Waals surface area contributed by atoms with Gasteiger partial charge in [0, 0.05) is 88.2 Å². The first-order chi connectivity index (χ1) is 68.5. The quantitative estimate of drug-likeness (QED) is 0.0373. The molecule has 23 heteroatoms. The van der Waals surface area contributed by atoms with Crippen molar-refractivity contribution in [3.05, 3.63) is 443 Å². The summed E-state index contributed by atoms with van der Waals surface area (Å²) in [6.07, 6.45) is 15.8. The summed E-state index contributed by atoms with van der Waals surface area (Å²) >= 11 is 3.16. The minimum Gasteiger partial charge on any atom is -0.488 e. The summed E-state index contributed by atoms with van der Waals surface area (Å²) < 4.78 is 30.7. The van der Waals surface area contributed by atoms with E-state index in [2.05, 4.69) is 469 Å².